The number of H-pyrrole nitrogens is 1. The molecule has 8 heteroatoms. The molecule has 4 N–H and O–H groups in total. The van der Waals surface area contributed by atoms with E-state index in [2.05, 4.69) is 15.5 Å². The minimum Gasteiger partial charge on any atom is -0.497 e. The number of benzene rings is 2. The molecule has 3 aromatic rings. The van der Waals surface area contributed by atoms with Crippen LogP contribution in [-0.2, 0) is 11.3 Å². The van der Waals surface area contributed by atoms with E-state index in [9.17, 15) is 4.79 Å². The van der Waals surface area contributed by atoms with Crippen molar-refractivity contribution in [1.29, 1.82) is 0 Å². The van der Waals surface area contributed by atoms with E-state index in [4.69, 9.17) is 15.2 Å². The Morgan fingerprint density at radius 3 is 2.83 bits per heavy atom. The maximum absolute atomic E-state index is 12.4. The number of hydrogen-bond donors (Lipinski definition) is 3. The topological polar surface area (TPSA) is 106 Å². The molecule has 1 amide bonds. The largest absolute Gasteiger partial charge is 0.497 e. The quantitative estimate of drug-likeness (QED) is 0.541. The molecule has 1 heterocycles. The molecule has 0 aliphatic rings. The van der Waals surface area contributed by atoms with Crippen LogP contribution in [0.2, 0.25) is 0 Å². The number of methoxy groups -OCH3 is 1. The van der Waals surface area contributed by atoms with E-state index in [0.717, 1.165) is 22.4 Å². The van der Waals surface area contributed by atoms with E-state index in [1.807, 2.05) is 60.6 Å². The lowest BCUT2D eigenvalue weighted by Crippen LogP contribution is -2.26. The van der Waals surface area contributed by atoms with Gasteiger partial charge in [-0.05, 0) is 35.4 Å². The summed E-state index contributed by atoms with van der Waals surface area (Å²) in [4.78, 5) is 14.4. The summed E-state index contributed by atoms with van der Waals surface area (Å²) in [7, 11) is 3.52. The molecular weight excluding hydrogens is 370 g/mol. The zero-order valence-electron chi connectivity index (χ0n) is 16.5. The molecule has 8 nitrogen and oxygen atoms in total. The van der Waals surface area contributed by atoms with Crippen LogP contribution in [-0.4, -0.2) is 43.5 Å². The Morgan fingerprint density at radius 2 is 2.10 bits per heavy atom. The van der Waals surface area contributed by atoms with Crippen LogP contribution in [0.4, 0.5) is 16.2 Å². The predicted molar refractivity (Wildman–Crippen MR) is 113 cm³/mol. The maximum Gasteiger partial charge on any atom is 0.412 e. The van der Waals surface area contributed by atoms with Gasteiger partial charge >= 0.3 is 6.09 Å². The summed E-state index contributed by atoms with van der Waals surface area (Å²) in [6.45, 7) is 1.28. The van der Waals surface area contributed by atoms with Crippen molar-refractivity contribution in [2.75, 3.05) is 37.5 Å². The SMILES string of the molecule is COc1cccc(COC(=O)Nc2ccc(-c3cn[nH]c3)cc2N(C)CCN)c1. The Balaban J connectivity index is 1.73. The molecule has 0 spiro atoms. The van der Waals surface area contributed by atoms with Gasteiger partial charge in [0.15, 0.2) is 0 Å². The fourth-order valence-electron chi connectivity index (χ4n) is 2.91. The molecule has 0 saturated carbocycles. The Morgan fingerprint density at radius 1 is 1.24 bits per heavy atom. The number of nitrogens with two attached hydrogens (primary N) is 1. The van der Waals surface area contributed by atoms with Crippen molar-refractivity contribution in [1.82, 2.24) is 10.2 Å². The first-order valence-corrected chi connectivity index (χ1v) is 9.22. The molecule has 0 fully saturated rings. The number of nitrogens with one attached hydrogen (secondary N) is 2. The lowest BCUT2D eigenvalue weighted by atomic mass is 10.1. The molecule has 0 bridgehead atoms. The normalized spacial score (nSPS) is 10.4. The fourth-order valence-corrected chi connectivity index (χ4v) is 2.91. The number of carbonyl (C=O) groups is 1. The minimum atomic E-state index is -0.536. The van der Waals surface area contributed by atoms with E-state index in [1.54, 1.807) is 13.3 Å². The third-order valence-electron chi connectivity index (χ3n) is 4.45. The number of anilines is 2. The molecule has 0 unspecified atom stereocenters. The number of hydrogen-bond acceptors (Lipinski definition) is 6. The molecule has 152 valence electrons. The molecule has 0 radical (unpaired) electrons. The zero-order valence-corrected chi connectivity index (χ0v) is 16.5. The fraction of sp³-hybridized carbons (Fsp3) is 0.238. The van der Waals surface area contributed by atoms with Gasteiger partial charge in [0.2, 0.25) is 0 Å². The van der Waals surface area contributed by atoms with Crippen LogP contribution in [0.3, 0.4) is 0 Å². The van der Waals surface area contributed by atoms with E-state index in [1.165, 1.54) is 0 Å². The van der Waals surface area contributed by atoms with Gasteiger partial charge in [0.05, 0.1) is 24.7 Å². The van der Waals surface area contributed by atoms with Crippen LogP contribution in [0.15, 0.2) is 54.9 Å². The van der Waals surface area contributed by atoms with Gasteiger partial charge in [-0.1, -0.05) is 18.2 Å². The van der Waals surface area contributed by atoms with Crippen LogP contribution in [0.1, 0.15) is 5.56 Å². The summed E-state index contributed by atoms with van der Waals surface area (Å²) in [5, 5.41) is 9.62. The van der Waals surface area contributed by atoms with E-state index in [0.29, 0.717) is 24.5 Å². The summed E-state index contributed by atoms with van der Waals surface area (Å²) in [5.41, 5.74) is 9.97. The number of carbonyl (C=O) groups excluding carboxylic acids is 1. The van der Waals surface area contributed by atoms with Crippen LogP contribution >= 0.6 is 0 Å². The van der Waals surface area contributed by atoms with Crippen LogP contribution in [0, 0.1) is 0 Å². The van der Waals surface area contributed by atoms with E-state index >= 15 is 0 Å². The van der Waals surface area contributed by atoms with Crippen molar-refractivity contribution in [3.8, 4) is 16.9 Å². The van der Waals surface area contributed by atoms with Crippen molar-refractivity contribution in [3.05, 3.63) is 60.4 Å². The van der Waals surface area contributed by atoms with Crippen molar-refractivity contribution in [2.45, 2.75) is 6.61 Å². The van der Waals surface area contributed by atoms with Crippen molar-refractivity contribution in [2.24, 2.45) is 5.73 Å². The molecule has 0 aliphatic heterocycles. The monoisotopic (exact) mass is 395 g/mol. The van der Waals surface area contributed by atoms with Gasteiger partial charge in [0.1, 0.15) is 12.4 Å². The molecule has 0 atom stereocenters. The van der Waals surface area contributed by atoms with Crippen molar-refractivity contribution < 1.29 is 14.3 Å². The Hall–Kier alpha value is -3.52. The molecule has 3 rings (SSSR count). The molecule has 0 aliphatic carbocycles. The number of aromatic nitrogens is 2. The van der Waals surface area contributed by atoms with Gasteiger partial charge in [-0.2, -0.15) is 5.10 Å². The van der Waals surface area contributed by atoms with Crippen molar-refractivity contribution >= 4 is 17.5 Å². The number of amides is 1. The highest BCUT2D eigenvalue weighted by Crippen LogP contribution is 2.31. The average Bonchev–Trinajstić information content (AvgIpc) is 3.28. The first-order chi connectivity index (χ1) is 14.1. The number of likely N-dealkylation sites (N-methyl/N-ethyl adjacent to an activating group) is 1. The van der Waals surface area contributed by atoms with Gasteiger partial charge in [-0.15, -0.1) is 0 Å². The second-order valence-corrected chi connectivity index (χ2v) is 6.48. The second-order valence-electron chi connectivity index (χ2n) is 6.48. The Kier molecular flexibility index (Phi) is 6.70. The first kappa shape index (κ1) is 20.2. The molecule has 1 aromatic heterocycles. The highest BCUT2D eigenvalue weighted by Gasteiger charge is 2.13. The Bertz CT molecular complexity index is 943. The van der Waals surface area contributed by atoms with Crippen LogP contribution in [0.5, 0.6) is 5.75 Å². The van der Waals surface area contributed by atoms with Crippen LogP contribution in [0.25, 0.3) is 11.1 Å². The third kappa shape index (κ3) is 5.26. The van der Waals surface area contributed by atoms with Crippen molar-refractivity contribution in [3.63, 3.8) is 0 Å². The summed E-state index contributed by atoms with van der Waals surface area (Å²) in [6, 6.07) is 13.1. The second kappa shape index (κ2) is 9.61. The van der Waals surface area contributed by atoms with Gasteiger partial charge in [-0.25, -0.2) is 4.79 Å². The smallest absolute Gasteiger partial charge is 0.412 e. The number of nitrogens with zero attached hydrogens (tertiary/aromatic N) is 2. The summed E-state index contributed by atoms with van der Waals surface area (Å²) >= 11 is 0. The summed E-state index contributed by atoms with van der Waals surface area (Å²) in [5.74, 6) is 0.715. The highest BCUT2D eigenvalue weighted by atomic mass is 16.5. The molecular formula is C21H25N5O3. The number of aromatic amines is 1. The van der Waals surface area contributed by atoms with Crippen LogP contribution < -0.4 is 20.7 Å². The van der Waals surface area contributed by atoms with E-state index < -0.39 is 6.09 Å². The lowest BCUT2D eigenvalue weighted by molar-refractivity contribution is 0.155. The third-order valence-corrected chi connectivity index (χ3v) is 4.45. The minimum absolute atomic E-state index is 0.143. The van der Waals surface area contributed by atoms with Gasteiger partial charge < -0.3 is 20.1 Å². The average molecular weight is 395 g/mol. The lowest BCUT2D eigenvalue weighted by Gasteiger charge is -2.23. The standard InChI is InChI=1S/C21H25N5O3/c1-26(9-8-22)20-11-16(17-12-23-24-13-17)6-7-19(20)25-21(27)29-14-15-4-3-5-18(10-15)28-2/h3-7,10-13H,8-9,14,22H2,1-2H3,(H,23,24)(H,25,27). The molecule has 0 saturated heterocycles. The number of rotatable bonds is 8. The number of ether oxygens (including phenoxy) is 2. The highest BCUT2D eigenvalue weighted by molar-refractivity contribution is 5.91. The summed E-state index contributed by atoms with van der Waals surface area (Å²) in [6.07, 6.45) is 3.03. The zero-order chi connectivity index (χ0) is 20.6. The Labute approximate surface area is 169 Å². The predicted octanol–water partition coefficient (Wildman–Crippen LogP) is 3.23. The van der Waals surface area contributed by atoms with Gasteiger partial charge in [0, 0.05) is 31.9 Å². The van der Waals surface area contributed by atoms with E-state index in [-0.39, 0.29) is 6.61 Å². The first-order valence-electron chi connectivity index (χ1n) is 9.22. The molecule has 29 heavy (non-hydrogen) atoms. The maximum atomic E-state index is 12.4. The van der Waals surface area contributed by atoms with Gasteiger partial charge in [0.25, 0.3) is 0 Å². The van der Waals surface area contributed by atoms with Gasteiger partial charge in [-0.3, -0.25) is 10.4 Å². The summed E-state index contributed by atoms with van der Waals surface area (Å²) < 4.78 is 10.6. The molecule has 2 aromatic carbocycles.